The molecule has 0 aliphatic heterocycles. The lowest BCUT2D eigenvalue weighted by Crippen LogP contribution is -2.11. The van der Waals surface area contributed by atoms with Gasteiger partial charge in [-0.15, -0.1) is 11.3 Å². The van der Waals surface area contributed by atoms with Crippen LogP contribution in [0.4, 0.5) is 17.1 Å². The molecule has 0 bridgehead atoms. The molecule has 0 aliphatic rings. The Kier molecular flexibility index (Phi) is 6.16. The fourth-order valence-electron chi connectivity index (χ4n) is 8.37. The van der Waals surface area contributed by atoms with Crippen molar-refractivity contribution in [1.29, 1.82) is 0 Å². The van der Waals surface area contributed by atoms with Crippen molar-refractivity contribution in [3.8, 4) is 5.69 Å². The van der Waals surface area contributed by atoms with E-state index in [4.69, 9.17) is 0 Å². The molecule has 238 valence electrons. The normalized spacial score (nSPS) is 11.9. The molecule has 0 aliphatic carbocycles. The molecular weight excluding hydrogens is 637 g/mol. The number of rotatable bonds is 4. The maximum absolute atomic E-state index is 2.54. The van der Waals surface area contributed by atoms with Crippen LogP contribution in [-0.2, 0) is 0 Å². The van der Waals surface area contributed by atoms with E-state index in [9.17, 15) is 0 Å². The van der Waals surface area contributed by atoms with Gasteiger partial charge >= 0.3 is 0 Å². The van der Waals surface area contributed by atoms with E-state index >= 15 is 0 Å². The number of benzene rings is 9. The first-order valence-electron chi connectivity index (χ1n) is 17.4. The Hall–Kier alpha value is -6.42. The summed E-state index contributed by atoms with van der Waals surface area (Å²) in [4.78, 5) is 2.54. The molecule has 9 aromatic carbocycles. The Morgan fingerprint density at radius 3 is 1.84 bits per heavy atom. The molecule has 0 unspecified atom stereocenters. The van der Waals surface area contributed by atoms with E-state index in [1.807, 2.05) is 11.3 Å². The lowest BCUT2D eigenvalue weighted by atomic mass is 9.96. The van der Waals surface area contributed by atoms with Crippen LogP contribution in [0.1, 0.15) is 0 Å². The quantitative estimate of drug-likeness (QED) is 0.170. The molecule has 2 aromatic heterocycles. The topological polar surface area (TPSA) is 8.17 Å². The van der Waals surface area contributed by atoms with Crippen molar-refractivity contribution in [2.24, 2.45) is 0 Å². The zero-order chi connectivity index (χ0) is 33.5. The Labute approximate surface area is 298 Å². The molecule has 2 heterocycles. The van der Waals surface area contributed by atoms with Gasteiger partial charge in [-0.3, -0.25) is 0 Å². The first-order valence-corrected chi connectivity index (χ1v) is 18.3. The van der Waals surface area contributed by atoms with Crippen LogP contribution in [0.15, 0.2) is 182 Å². The Bertz CT molecular complexity index is 3150. The van der Waals surface area contributed by atoms with Crippen molar-refractivity contribution in [1.82, 2.24) is 4.57 Å². The average molecular weight is 667 g/mol. The van der Waals surface area contributed by atoms with E-state index in [2.05, 4.69) is 191 Å². The molecule has 51 heavy (non-hydrogen) atoms. The van der Waals surface area contributed by atoms with Crippen LogP contribution in [0, 0.1) is 0 Å². The van der Waals surface area contributed by atoms with Gasteiger partial charge < -0.3 is 9.47 Å². The monoisotopic (exact) mass is 666 g/mol. The number of para-hydroxylation sites is 2. The lowest BCUT2D eigenvalue weighted by Gasteiger charge is -2.28. The van der Waals surface area contributed by atoms with E-state index in [1.54, 1.807) is 0 Å². The number of aromatic nitrogens is 1. The van der Waals surface area contributed by atoms with Crippen molar-refractivity contribution in [2.75, 3.05) is 4.90 Å². The van der Waals surface area contributed by atoms with Crippen molar-refractivity contribution in [3.05, 3.63) is 182 Å². The summed E-state index contributed by atoms with van der Waals surface area (Å²) in [6.07, 6.45) is 0. The fourth-order valence-corrected chi connectivity index (χ4v) is 9.58. The van der Waals surface area contributed by atoms with Crippen LogP contribution in [0.2, 0.25) is 0 Å². The van der Waals surface area contributed by atoms with E-state index in [1.165, 1.54) is 80.0 Å². The largest absolute Gasteiger partial charge is 0.309 e. The molecule has 0 spiro atoms. The third-order valence-corrected chi connectivity index (χ3v) is 11.8. The minimum Gasteiger partial charge on any atom is -0.309 e. The van der Waals surface area contributed by atoms with E-state index in [0.717, 1.165) is 17.1 Å². The summed E-state index contributed by atoms with van der Waals surface area (Å²) in [5, 5.41) is 12.6. The summed E-state index contributed by atoms with van der Waals surface area (Å²) >= 11 is 1.88. The second kappa shape index (κ2) is 11.0. The van der Waals surface area contributed by atoms with Gasteiger partial charge in [0.25, 0.3) is 0 Å². The van der Waals surface area contributed by atoms with Gasteiger partial charge in [0, 0.05) is 37.3 Å². The maximum Gasteiger partial charge on any atom is 0.0640 e. The molecule has 0 N–H and O–H groups in total. The third-order valence-electron chi connectivity index (χ3n) is 10.6. The first kappa shape index (κ1) is 28.4. The summed E-state index contributed by atoms with van der Waals surface area (Å²) in [5.41, 5.74) is 7.05. The molecule has 11 aromatic rings. The minimum absolute atomic E-state index is 1.16. The van der Waals surface area contributed by atoms with Gasteiger partial charge in [-0.25, -0.2) is 0 Å². The SMILES string of the molecule is c1ccc(-n2c3ccccc3c3c(N(c4cccc5c4ccc4c6ccccc6ccc54)c4cccc5c4sc4ccccc45)cccc32)cc1. The van der Waals surface area contributed by atoms with Crippen LogP contribution in [-0.4, -0.2) is 4.57 Å². The molecule has 0 radical (unpaired) electrons. The van der Waals surface area contributed by atoms with Crippen LogP contribution >= 0.6 is 11.3 Å². The molecule has 0 fully saturated rings. The molecule has 0 amide bonds. The van der Waals surface area contributed by atoms with Gasteiger partial charge in [0.05, 0.1) is 32.8 Å². The van der Waals surface area contributed by atoms with E-state index in [-0.39, 0.29) is 0 Å². The number of hydrogen-bond donors (Lipinski definition) is 0. The standard InChI is InChI=1S/C48H30N2S/c1-2-14-32(15-3-1)49-42-21-8-6-18-40(42)47-43(49)23-12-24-44(47)50(45-25-11-20-39-38-17-7-9-26-46(38)51-48(39)45)41-22-10-19-34-36-28-27-31-13-4-5-16-33(31)35(36)29-30-37(34)41/h1-30H. The van der Waals surface area contributed by atoms with Gasteiger partial charge in [-0.2, -0.15) is 0 Å². The van der Waals surface area contributed by atoms with Gasteiger partial charge in [0.1, 0.15) is 0 Å². The molecule has 2 nitrogen and oxygen atoms in total. The first-order chi connectivity index (χ1) is 25.3. The molecule has 0 atom stereocenters. The van der Waals surface area contributed by atoms with Crippen LogP contribution in [0.25, 0.3) is 80.0 Å². The average Bonchev–Trinajstić information content (AvgIpc) is 3.75. The highest BCUT2D eigenvalue weighted by Gasteiger charge is 2.24. The van der Waals surface area contributed by atoms with Gasteiger partial charge in [-0.1, -0.05) is 133 Å². The second-order valence-electron chi connectivity index (χ2n) is 13.3. The van der Waals surface area contributed by atoms with Gasteiger partial charge in [0.15, 0.2) is 0 Å². The predicted molar refractivity (Wildman–Crippen MR) is 221 cm³/mol. The number of anilines is 3. The highest BCUT2D eigenvalue weighted by atomic mass is 32.1. The summed E-state index contributed by atoms with van der Waals surface area (Å²) in [5.74, 6) is 0. The Morgan fingerprint density at radius 1 is 0.353 bits per heavy atom. The Balaban J connectivity index is 1.28. The summed E-state index contributed by atoms with van der Waals surface area (Å²) in [6.45, 7) is 0. The number of thiophene rings is 1. The molecule has 3 heteroatoms. The number of nitrogens with zero attached hydrogens (tertiary/aromatic N) is 2. The summed E-state index contributed by atoms with van der Waals surface area (Å²) < 4.78 is 4.99. The van der Waals surface area contributed by atoms with Crippen molar-refractivity contribution in [3.63, 3.8) is 0 Å². The van der Waals surface area contributed by atoms with Gasteiger partial charge in [-0.05, 0) is 75.5 Å². The second-order valence-corrected chi connectivity index (χ2v) is 14.3. The van der Waals surface area contributed by atoms with Crippen molar-refractivity contribution in [2.45, 2.75) is 0 Å². The number of fused-ring (bicyclic) bond motifs is 11. The Morgan fingerprint density at radius 2 is 0.941 bits per heavy atom. The smallest absolute Gasteiger partial charge is 0.0640 e. The summed E-state index contributed by atoms with van der Waals surface area (Å²) in [6, 6.07) is 66.7. The molecule has 0 saturated heterocycles. The maximum atomic E-state index is 2.54. The van der Waals surface area contributed by atoms with E-state index in [0.29, 0.717) is 0 Å². The van der Waals surface area contributed by atoms with Crippen LogP contribution in [0.5, 0.6) is 0 Å². The van der Waals surface area contributed by atoms with Crippen LogP contribution < -0.4 is 4.90 Å². The molecule has 11 rings (SSSR count). The third kappa shape index (κ3) is 4.16. The van der Waals surface area contributed by atoms with Crippen molar-refractivity contribution < 1.29 is 0 Å². The highest BCUT2D eigenvalue weighted by molar-refractivity contribution is 7.26. The van der Waals surface area contributed by atoms with Crippen molar-refractivity contribution >= 4 is 103 Å². The zero-order valence-electron chi connectivity index (χ0n) is 27.6. The van der Waals surface area contributed by atoms with Crippen LogP contribution in [0.3, 0.4) is 0 Å². The fraction of sp³-hybridized carbons (Fsp3) is 0. The number of hydrogen-bond acceptors (Lipinski definition) is 2. The highest BCUT2D eigenvalue weighted by Crippen LogP contribution is 2.50. The van der Waals surface area contributed by atoms with Gasteiger partial charge in [0.2, 0.25) is 0 Å². The predicted octanol–water partition coefficient (Wildman–Crippen LogP) is 14.1. The van der Waals surface area contributed by atoms with E-state index < -0.39 is 0 Å². The minimum atomic E-state index is 1.16. The molecular formula is C48H30N2S. The zero-order valence-corrected chi connectivity index (χ0v) is 28.4. The molecule has 0 saturated carbocycles. The summed E-state index contributed by atoms with van der Waals surface area (Å²) in [7, 11) is 0. The lowest BCUT2D eigenvalue weighted by molar-refractivity contribution is 1.18.